The Kier molecular flexibility index (Phi) is 3.01. The van der Waals surface area contributed by atoms with Gasteiger partial charge in [-0.05, 0) is 24.5 Å². The molecule has 4 heteroatoms. The molecule has 0 aliphatic carbocycles. The number of nitrogens with two attached hydrogens (primary N) is 1. The van der Waals surface area contributed by atoms with Gasteiger partial charge in [-0.1, -0.05) is 6.58 Å². The van der Waals surface area contributed by atoms with Crippen LogP contribution in [0.2, 0.25) is 0 Å². The Hall–Kier alpha value is -1.68. The third-order valence-corrected chi connectivity index (χ3v) is 3.02. The number of H-pyrrole nitrogens is 1. The van der Waals surface area contributed by atoms with E-state index in [1.54, 1.807) is 24.2 Å². The smallest absolute Gasteiger partial charge is 0.138 e. The van der Waals surface area contributed by atoms with Gasteiger partial charge in [0.05, 0.1) is 5.35 Å². The summed E-state index contributed by atoms with van der Waals surface area (Å²) in [6.07, 6.45) is 7.33. The summed E-state index contributed by atoms with van der Waals surface area (Å²) in [7, 11) is 0. The molecule has 0 saturated carbocycles. The zero-order valence-electron chi connectivity index (χ0n) is 9.03. The molecule has 16 heavy (non-hydrogen) atoms. The van der Waals surface area contributed by atoms with Gasteiger partial charge in [-0.25, -0.2) is 4.98 Å². The van der Waals surface area contributed by atoms with Crippen molar-refractivity contribution in [2.24, 2.45) is 5.73 Å². The highest BCUT2D eigenvalue weighted by atomic mass is 32.2. The fraction of sp³-hybridized carbons (Fsp3) is 0.0833. The van der Waals surface area contributed by atoms with Crippen molar-refractivity contribution < 1.29 is 0 Å². The molecule has 3 nitrogen and oxygen atoms in total. The number of nitrogens with zero attached hydrogens (tertiary/aromatic N) is 1. The average Bonchev–Trinajstić information content (AvgIpc) is 2.67. The Morgan fingerprint density at radius 1 is 1.62 bits per heavy atom. The molecule has 0 spiro atoms. The predicted molar refractivity (Wildman–Crippen MR) is 71.1 cm³/mol. The normalized spacial score (nSPS) is 13.6. The summed E-state index contributed by atoms with van der Waals surface area (Å²) in [5.74, 6) is 0. The number of allylic oxidation sites excluding steroid dienone is 1. The van der Waals surface area contributed by atoms with Crippen LogP contribution in [0.3, 0.4) is 0 Å². The number of hydrogen-bond acceptors (Lipinski definition) is 3. The highest BCUT2D eigenvalue weighted by Crippen LogP contribution is 2.09. The van der Waals surface area contributed by atoms with Gasteiger partial charge in [0.15, 0.2) is 0 Å². The second kappa shape index (κ2) is 4.45. The number of thioether (sulfide) groups is 1. The van der Waals surface area contributed by atoms with Crippen molar-refractivity contribution in [3.05, 3.63) is 40.4 Å². The third-order valence-electron chi connectivity index (χ3n) is 2.38. The number of rotatable bonds is 2. The van der Waals surface area contributed by atoms with Gasteiger partial charge in [0.1, 0.15) is 5.65 Å². The minimum atomic E-state index is 0.847. The van der Waals surface area contributed by atoms with E-state index >= 15 is 0 Å². The maximum Gasteiger partial charge on any atom is 0.138 e. The molecule has 3 N–H and O–H groups in total. The van der Waals surface area contributed by atoms with Crippen molar-refractivity contribution in [1.82, 2.24) is 9.97 Å². The first-order valence-corrected chi connectivity index (χ1v) is 6.08. The second-order valence-electron chi connectivity index (χ2n) is 3.33. The first kappa shape index (κ1) is 10.8. The SMILES string of the molecule is C=C(/C=c1\c(=C/N)[nH]c2ncccc12)SC. The Labute approximate surface area is 97.8 Å². The number of pyridine rings is 1. The summed E-state index contributed by atoms with van der Waals surface area (Å²) < 4.78 is 0. The van der Waals surface area contributed by atoms with Gasteiger partial charge in [-0.3, -0.25) is 0 Å². The predicted octanol–water partition coefficient (Wildman–Crippen LogP) is 0.917. The first-order valence-electron chi connectivity index (χ1n) is 4.85. The molecule has 2 rings (SSSR count). The third kappa shape index (κ3) is 1.84. The van der Waals surface area contributed by atoms with Gasteiger partial charge in [0.2, 0.25) is 0 Å². The van der Waals surface area contributed by atoms with E-state index in [9.17, 15) is 0 Å². The Morgan fingerprint density at radius 3 is 3.12 bits per heavy atom. The largest absolute Gasteiger partial charge is 0.403 e. The van der Waals surface area contributed by atoms with Crippen molar-refractivity contribution in [1.29, 1.82) is 0 Å². The molecule has 82 valence electrons. The van der Waals surface area contributed by atoms with Crippen LogP contribution < -0.4 is 16.3 Å². The molecule has 0 aliphatic rings. The fourth-order valence-corrected chi connectivity index (χ4v) is 1.80. The Balaban J connectivity index is 2.86. The molecular weight excluding hydrogens is 218 g/mol. The summed E-state index contributed by atoms with van der Waals surface area (Å²) in [5, 5.41) is 2.99. The van der Waals surface area contributed by atoms with Crippen molar-refractivity contribution in [2.75, 3.05) is 6.26 Å². The molecule has 0 amide bonds. The van der Waals surface area contributed by atoms with Crippen LogP contribution in [0.15, 0.2) is 29.8 Å². The van der Waals surface area contributed by atoms with Gasteiger partial charge in [0, 0.05) is 27.9 Å². The second-order valence-corrected chi connectivity index (χ2v) is 4.27. The maximum absolute atomic E-state index is 5.59. The zero-order chi connectivity index (χ0) is 11.5. The molecule has 0 saturated heterocycles. The van der Waals surface area contributed by atoms with E-state index in [1.165, 1.54) is 0 Å². The van der Waals surface area contributed by atoms with Crippen LogP contribution in [0.25, 0.3) is 23.3 Å². The van der Waals surface area contributed by atoms with E-state index < -0.39 is 0 Å². The molecule has 2 aromatic heterocycles. The lowest BCUT2D eigenvalue weighted by atomic mass is 10.2. The average molecular weight is 231 g/mol. The molecule has 0 atom stereocenters. The monoisotopic (exact) mass is 231 g/mol. The highest BCUT2D eigenvalue weighted by molar-refractivity contribution is 8.02. The molecule has 2 heterocycles. The van der Waals surface area contributed by atoms with Gasteiger partial charge >= 0.3 is 0 Å². The molecule has 0 aliphatic heterocycles. The maximum atomic E-state index is 5.59. The van der Waals surface area contributed by atoms with E-state index in [0.29, 0.717) is 0 Å². The van der Waals surface area contributed by atoms with Crippen LogP contribution >= 0.6 is 11.8 Å². The Bertz CT molecular complexity index is 640. The lowest BCUT2D eigenvalue weighted by Crippen LogP contribution is -2.24. The van der Waals surface area contributed by atoms with E-state index in [0.717, 1.165) is 26.5 Å². The fourth-order valence-electron chi connectivity index (χ4n) is 1.57. The summed E-state index contributed by atoms with van der Waals surface area (Å²) in [4.78, 5) is 8.42. The van der Waals surface area contributed by atoms with Crippen molar-refractivity contribution in [3.8, 4) is 0 Å². The molecule has 0 fully saturated rings. The van der Waals surface area contributed by atoms with E-state index in [-0.39, 0.29) is 0 Å². The quantitative estimate of drug-likeness (QED) is 0.808. The van der Waals surface area contributed by atoms with Crippen LogP contribution in [0.1, 0.15) is 0 Å². The van der Waals surface area contributed by atoms with E-state index in [1.807, 2.05) is 24.5 Å². The Morgan fingerprint density at radius 2 is 2.44 bits per heavy atom. The number of aromatic amines is 1. The molecule has 0 unspecified atom stereocenters. The summed E-state index contributed by atoms with van der Waals surface area (Å²) in [6, 6.07) is 3.93. The molecular formula is C12H13N3S. The lowest BCUT2D eigenvalue weighted by molar-refractivity contribution is 1.28. The first-order chi connectivity index (χ1) is 7.76. The number of nitrogens with one attached hydrogen (secondary N) is 1. The number of fused-ring (bicyclic) bond motifs is 1. The molecule has 0 radical (unpaired) electrons. The molecule has 0 bridgehead atoms. The van der Waals surface area contributed by atoms with E-state index in [4.69, 9.17) is 5.73 Å². The van der Waals surface area contributed by atoms with Gasteiger partial charge in [0.25, 0.3) is 0 Å². The van der Waals surface area contributed by atoms with Gasteiger partial charge < -0.3 is 10.7 Å². The minimum absolute atomic E-state index is 0.847. The number of aromatic nitrogens is 2. The lowest BCUT2D eigenvalue weighted by Gasteiger charge is -1.90. The van der Waals surface area contributed by atoms with Crippen molar-refractivity contribution >= 4 is 35.1 Å². The topological polar surface area (TPSA) is 54.7 Å². The van der Waals surface area contributed by atoms with Crippen LogP contribution in [0, 0.1) is 0 Å². The van der Waals surface area contributed by atoms with Crippen molar-refractivity contribution in [3.63, 3.8) is 0 Å². The minimum Gasteiger partial charge on any atom is -0.403 e. The standard InChI is InChI=1S/C12H13N3S/c1-8(16-2)6-10-9-4-3-5-14-12(9)15-11(10)7-13/h3-7H,1,13H2,2H3,(H,14,15)/b10-6-,11-7+. The van der Waals surface area contributed by atoms with Gasteiger partial charge in [-0.15, -0.1) is 11.8 Å². The molecule has 0 aromatic carbocycles. The summed E-state index contributed by atoms with van der Waals surface area (Å²) in [6.45, 7) is 3.95. The van der Waals surface area contributed by atoms with Crippen molar-refractivity contribution in [2.45, 2.75) is 0 Å². The van der Waals surface area contributed by atoms with Crippen LogP contribution in [-0.4, -0.2) is 16.2 Å². The summed E-state index contributed by atoms with van der Waals surface area (Å²) >= 11 is 1.61. The van der Waals surface area contributed by atoms with Crippen LogP contribution in [-0.2, 0) is 0 Å². The van der Waals surface area contributed by atoms with Gasteiger partial charge in [-0.2, -0.15) is 0 Å². The molecule has 2 aromatic rings. The zero-order valence-corrected chi connectivity index (χ0v) is 9.84. The highest BCUT2D eigenvalue weighted by Gasteiger charge is 2.00. The number of hydrogen-bond donors (Lipinski definition) is 2. The van der Waals surface area contributed by atoms with Crippen LogP contribution in [0.4, 0.5) is 0 Å². The van der Waals surface area contributed by atoms with E-state index in [2.05, 4.69) is 16.5 Å². The summed E-state index contributed by atoms with van der Waals surface area (Å²) in [5.41, 5.74) is 6.44. The van der Waals surface area contributed by atoms with Crippen LogP contribution in [0.5, 0.6) is 0 Å².